The van der Waals surface area contributed by atoms with Crippen molar-refractivity contribution in [2.75, 3.05) is 13.1 Å². The van der Waals surface area contributed by atoms with Crippen molar-refractivity contribution in [3.05, 3.63) is 71.3 Å². The molecule has 2 aliphatic heterocycles. The van der Waals surface area contributed by atoms with E-state index in [0.29, 0.717) is 38.8 Å². The smallest absolute Gasteiger partial charge is 0.411 e. The third kappa shape index (κ3) is 6.61. The second-order valence-corrected chi connectivity index (χ2v) is 12.5. The third-order valence-electron chi connectivity index (χ3n) is 8.62. The molecular weight excluding hydrogens is 534 g/mol. The second-order valence-electron chi connectivity index (χ2n) is 12.5. The van der Waals surface area contributed by atoms with Gasteiger partial charge in [-0.15, -0.1) is 0 Å². The number of carboxylic acid groups (broad SMARTS) is 1. The first kappa shape index (κ1) is 31.1. The fourth-order valence-corrected chi connectivity index (χ4v) is 5.94. The highest BCUT2D eigenvalue weighted by atomic mass is 16.6. The van der Waals surface area contributed by atoms with E-state index in [1.807, 2.05) is 68.4 Å². The van der Waals surface area contributed by atoms with Crippen LogP contribution in [0.3, 0.4) is 0 Å². The monoisotopic (exact) mass is 577 g/mol. The summed E-state index contributed by atoms with van der Waals surface area (Å²) in [4.78, 5) is 56.5. The molecule has 2 aromatic rings. The summed E-state index contributed by atoms with van der Waals surface area (Å²) >= 11 is 0. The summed E-state index contributed by atoms with van der Waals surface area (Å²) in [6, 6.07) is 15.4. The Hall–Kier alpha value is -3.88. The molecule has 42 heavy (non-hydrogen) atoms. The molecule has 2 aliphatic rings. The minimum Gasteiger partial charge on any atom is -0.480 e. The van der Waals surface area contributed by atoms with Crippen LogP contribution in [-0.2, 0) is 37.5 Å². The number of hydrogen-bond acceptors (Lipinski definition) is 5. The molecule has 1 fully saturated rings. The van der Waals surface area contributed by atoms with Gasteiger partial charge < -0.3 is 20.1 Å². The van der Waals surface area contributed by atoms with Crippen LogP contribution in [0.1, 0.15) is 70.6 Å². The molecule has 0 unspecified atom stereocenters. The van der Waals surface area contributed by atoms with E-state index < -0.39 is 35.2 Å². The minimum absolute atomic E-state index is 0.180. The van der Waals surface area contributed by atoms with Gasteiger partial charge in [0.2, 0.25) is 11.8 Å². The van der Waals surface area contributed by atoms with Gasteiger partial charge in [0.15, 0.2) is 0 Å². The molecule has 3 amide bonds. The summed E-state index contributed by atoms with van der Waals surface area (Å²) in [6.07, 6.45) is 1.12. The van der Waals surface area contributed by atoms with Crippen LogP contribution in [0.25, 0.3) is 0 Å². The summed E-state index contributed by atoms with van der Waals surface area (Å²) in [5, 5.41) is 12.7. The van der Waals surface area contributed by atoms with Gasteiger partial charge in [0.1, 0.15) is 17.7 Å². The van der Waals surface area contributed by atoms with Crippen molar-refractivity contribution in [1.82, 2.24) is 15.1 Å². The Morgan fingerprint density at radius 3 is 2.17 bits per heavy atom. The van der Waals surface area contributed by atoms with Crippen LogP contribution in [0.2, 0.25) is 0 Å². The number of ether oxygens (including phenoxy) is 1. The topological polar surface area (TPSA) is 116 Å². The number of carbonyl (C=O) groups excluding carboxylic acids is 3. The Labute approximate surface area is 248 Å². The van der Waals surface area contributed by atoms with Crippen molar-refractivity contribution in [1.29, 1.82) is 0 Å². The maximum absolute atomic E-state index is 14.1. The Kier molecular flexibility index (Phi) is 9.28. The van der Waals surface area contributed by atoms with Gasteiger partial charge in [-0.25, -0.2) is 9.59 Å². The molecule has 226 valence electrons. The number of aliphatic carboxylic acids is 1. The number of piperidine rings is 1. The molecule has 0 radical (unpaired) electrons. The maximum atomic E-state index is 14.1. The summed E-state index contributed by atoms with van der Waals surface area (Å²) in [6.45, 7) is 9.98. The fourth-order valence-electron chi connectivity index (χ4n) is 5.94. The number of fused-ring (bicyclic) bond motifs is 1. The molecule has 2 heterocycles. The van der Waals surface area contributed by atoms with E-state index in [1.54, 1.807) is 25.7 Å². The van der Waals surface area contributed by atoms with E-state index in [4.69, 9.17) is 4.74 Å². The average Bonchev–Trinajstić information content (AvgIpc) is 2.97. The minimum atomic E-state index is -1.06. The Morgan fingerprint density at radius 2 is 1.60 bits per heavy atom. The van der Waals surface area contributed by atoms with Crippen molar-refractivity contribution in [2.24, 2.45) is 5.92 Å². The molecule has 0 bridgehead atoms. The zero-order valence-corrected chi connectivity index (χ0v) is 25.3. The van der Waals surface area contributed by atoms with Gasteiger partial charge in [0, 0.05) is 19.5 Å². The van der Waals surface area contributed by atoms with Crippen LogP contribution in [0.4, 0.5) is 4.79 Å². The van der Waals surface area contributed by atoms with E-state index in [2.05, 4.69) is 5.32 Å². The summed E-state index contributed by atoms with van der Waals surface area (Å²) in [7, 11) is 0. The largest absolute Gasteiger partial charge is 0.480 e. The number of hydrogen-bond donors (Lipinski definition) is 2. The van der Waals surface area contributed by atoms with Gasteiger partial charge in [-0.2, -0.15) is 0 Å². The van der Waals surface area contributed by atoms with E-state index in [9.17, 15) is 24.3 Å². The lowest BCUT2D eigenvalue weighted by Gasteiger charge is -2.44. The number of carboxylic acids is 1. The third-order valence-corrected chi connectivity index (χ3v) is 8.62. The molecule has 0 aromatic heterocycles. The van der Waals surface area contributed by atoms with E-state index >= 15 is 0 Å². The fraction of sp³-hybridized carbons (Fsp3) is 0.515. The van der Waals surface area contributed by atoms with Crippen molar-refractivity contribution in [2.45, 2.75) is 89.9 Å². The standard InChI is InChI=1S/C33H43N3O6/c1-6-22(2)27(29(38)39)34-30(40)33(25-14-8-7-9-15-25)16-18-35(19-17-33)28(37)26-20-23-12-10-11-13-24(23)21-36(26)31(41)42-32(3,4)5/h7-15,22,26-27H,6,16-21H2,1-5H3,(H,34,40)(H,38,39)/t22-,26+,27+/m1/s1. The molecule has 4 rings (SSSR count). The SMILES string of the molecule is CC[C@@H](C)[C@H](NC(=O)C1(c2ccccc2)CCN(C(=O)[C@@H]2Cc3ccccc3CN2C(=O)OC(C)(C)C)CC1)C(=O)O. The van der Waals surface area contributed by atoms with E-state index in [0.717, 1.165) is 16.7 Å². The van der Waals surface area contributed by atoms with Crippen LogP contribution < -0.4 is 5.32 Å². The zero-order chi connectivity index (χ0) is 30.7. The van der Waals surface area contributed by atoms with Gasteiger partial charge in [-0.3, -0.25) is 14.5 Å². The predicted molar refractivity (Wildman–Crippen MR) is 159 cm³/mol. The number of carbonyl (C=O) groups is 4. The summed E-state index contributed by atoms with van der Waals surface area (Å²) < 4.78 is 5.68. The highest BCUT2D eigenvalue weighted by Gasteiger charge is 2.47. The lowest BCUT2D eigenvalue weighted by molar-refractivity contribution is -0.145. The average molecular weight is 578 g/mol. The highest BCUT2D eigenvalue weighted by molar-refractivity contribution is 5.92. The van der Waals surface area contributed by atoms with Gasteiger partial charge >= 0.3 is 12.1 Å². The van der Waals surface area contributed by atoms with Crippen LogP contribution in [0.15, 0.2) is 54.6 Å². The van der Waals surface area contributed by atoms with Crippen molar-refractivity contribution in [3.63, 3.8) is 0 Å². The van der Waals surface area contributed by atoms with Crippen LogP contribution in [-0.4, -0.2) is 69.6 Å². The van der Waals surface area contributed by atoms with Crippen LogP contribution >= 0.6 is 0 Å². The van der Waals surface area contributed by atoms with Crippen molar-refractivity contribution < 1.29 is 29.0 Å². The number of amides is 3. The van der Waals surface area contributed by atoms with Gasteiger partial charge in [0.05, 0.1) is 12.0 Å². The molecule has 9 heteroatoms. The van der Waals surface area contributed by atoms with E-state index in [1.165, 1.54) is 4.90 Å². The normalized spacial score (nSPS) is 19.7. The lowest BCUT2D eigenvalue weighted by Crippen LogP contribution is -2.59. The van der Waals surface area contributed by atoms with Gasteiger partial charge in [-0.1, -0.05) is 74.9 Å². The predicted octanol–water partition coefficient (Wildman–Crippen LogP) is 4.52. The Balaban J connectivity index is 1.58. The first-order valence-electron chi connectivity index (χ1n) is 14.8. The Bertz CT molecular complexity index is 1300. The van der Waals surface area contributed by atoms with Crippen LogP contribution in [0, 0.1) is 5.92 Å². The number of rotatable bonds is 7. The first-order chi connectivity index (χ1) is 19.9. The lowest BCUT2D eigenvalue weighted by atomic mass is 9.71. The van der Waals surface area contributed by atoms with Crippen LogP contribution in [0.5, 0.6) is 0 Å². The maximum Gasteiger partial charge on any atom is 0.411 e. The molecule has 0 spiro atoms. The van der Waals surface area contributed by atoms with Gasteiger partial charge in [0.25, 0.3) is 0 Å². The zero-order valence-electron chi connectivity index (χ0n) is 25.3. The molecular formula is C33H43N3O6. The molecule has 9 nitrogen and oxygen atoms in total. The molecule has 3 atom stereocenters. The quantitative estimate of drug-likeness (QED) is 0.500. The molecule has 0 saturated carbocycles. The number of nitrogens with zero attached hydrogens (tertiary/aromatic N) is 2. The first-order valence-corrected chi connectivity index (χ1v) is 14.8. The molecule has 2 N–H and O–H groups in total. The number of nitrogens with one attached hydrogen (secondary N) is 1. The summed E-state index contributed by atoms with van der Waals surface area (Å²) in [5.74, 6) is -1.82. The van der Waals surface area contributed by atoms with Gasteiger partial charge in [-0.05, 0) is 56.2 Å². The molecule has 0 aliphatic carbocycles. The van der Waals surface area contributed by atoms with E-state index in [-0.39, 0.29) is 24.3 Å². The second kappa shape index (κ2) is 12.5. The van der Waals surface area contributed by atoms with Crippen molar-refractivity contribution >= 4 is 23.9 Å². The van der Waals surface area contributed by atoms with Crippen molar-refractivity contribution in [3.8, 4) is 0 Å². The molecule has 1 saturated heterocycles. The Morgan fingerprint density at radius 1 is 1.00 bits per heavy atom. The molecule has 2 aromatic carbocycles. The highest BCUT2D eigenvalue weighted by Crippen LogP contribution is 2.37. The number of likely N-dealkylation sites (tertiary alicyclic amines) is 1. The summed E-state index contributed by atoms with van der Waals surface area (Å²) in [5.41, 5.74) is 1.11. The number of benzene rings is 2.